The molecule has 0 saturated carbocycles. The van der Waals surface area contributed by atoms with Crippen molar-refractivity contribution in [2.45, 2.75) is 25.0 Å². The van der Waals surface area contributed by atoms with E-state index in [0.29, 0.717) is 4.57 Å². The SMILES string of the molecule is NC(=O)C(O)CC(=O)C(F)(F)Cn1ccnc1[N+](=O)[O-]. The fraction of sp³-hybridized carbons (Fsp3) is 0.444. The van der Waals surface area contributed by atoms with Crippen LogP contribution in [0.3, 0.4) is 0 Å². The van der Waals surface area contributed by atoms with Gasteiger partial charge in [0.2, 0.25) is 11.7 Å². The van der Waals surface area contributed by atoms with Gasteiger partial charge in [-0.1, -0.05) is 4.98 Å². The Kier molecular flexibility index (Phi) is 4.45. The predicted molar refractivity (Wildman–Crippen MR) is 58.7 cm³/mol. The van der Waals surface area contributed by atoms with Crippen molar-refractivity contribution in [3.05, 3.63) is 22.5 Å². The summed E-state index contributed by atoms with van der Waals surface area (Å²) in [6.45, 7) is -1.33. The molecule has 3 N–H and O–H groups in total. The van der Waals surface area contributed by atoms with E-state index in [-0.39, 0.29) is 0 Å². The Labute approximate surface area is 110 Å². The second kappa shape index (κ2) is 5.69. The van der Waals surface area contributed by atoms with Crippen LogP contribution in [-0.2, 0) is 16.1 Å². The number of aliphatic hydroxyl groups excluding tert-OH is 1. The van der Waals surface area contributed by atoms with Crippen LogP contribution in [0, 0.1) is 10.1 Å². The van der Waals surface area contributed by atoms with Crippen LogP contribution < -0.4 is 5.73 Å². The number of aromatic nitrogens is 2. The summed E-state index contributed by atoms with van der Waals surface area (Å²) in [6.07, 6.45) is -1.38. The van der Waals surface area contributed by atoms with Gasteiger partial charge in [0.05, 0.1) is 0 Å². The van der Waals surface area contributed by atoms with Gasteiger partial charge in [-0.3, -0.25) is 9.59 Å². The molecule has 9 nitrogen and oxygen atoms in total. The zero-order valence-electron chi connectivity index (χ0n) is 9.90. The minimum Gasteiger partial charge on any atom is -0.390 e. The number of hydrogen-bond donors (Lipinski definition) is 2. The highest BCUT2D eigenvalue weighted by molar-refractivity contribution is 5.91. The van der Waals surface area contributed by atoms with E-state index >= 15 is 0 Å². The van der Waals surface area contributed by atoms with E-state index in [1.807, 2.05) is 0 Å². The normalized spacial score (nSPS) is 12.9. The Morgan fingerprint density at radius 2 is 2.20 bits per heavy atom. The lowest BCUT2D eigenvalue weighted by Gasteiger charge is -2.15. The smallest absolute Gasteiger partial charge is 0.390 e. The molecule has 0 radical (unpaired) electrons. The van der Waals surface area contributed by atoms with E-state index in [9.17, 15) is 28.5 Å². The highest BCUT2D eigenvalue weighted by Crippen LogP contribution is 2.22. The van der Waals surface area contributed by atoms with Gasteiger partial charge in [-0.25, -0.2) is 4.57 Å². The second-order valence-electron chi connectivity index (χ2n) is 3.86. The number of nitrogens with two attached hydrogens (primary N) is 1. The van der Waals surface area contributed by atoms with E-state index < -0.39 is 47.6 Å². The number of alkyl halides is 2. The lowest BCUT2D eigenvalue weighted by Crippen LogP contribution is -2.39. The molecule has 1 amide bonds. The van der Waals surface area contributed by atoms with Gasteiger partial charge >= 0.3 is 11.9 Å². The number of Topliss-reactive ketones (excluding diaryl/α,β-unsaturated/α-hetero) is 1. The van der Waals surface area contributed by atoms with Gasteiger partial charge in [-0.15, -0.1) is 0 Å². The lowest BCUT2D eigenvalue weighted by atomic mass is 10.1. The van der Waals surface area contributed by atoms with Crippen LogP contribution in [0.25, 0.3) is 0 Å². The molecule has 1 aromatic heterocycles. The van der Waals surface area contributed by atoms with Crippen LogP contribution in [0.2, 0.25) is 0 Å². The molecule has 1 unspecified atom stereocenters. The fourth-order valence-electron chi connectivity index (χ4n) is 1.32. The van der Waals surface area contributed by atoms with Crippen LogP contribution >= 0.6 is 0 Å². The van der Waals surface area contributed by atoms with E-state index in [4.69, 9.17) is 5.11 Å². The molecule has 110 valence electrons. The summed E-state index contributed by atoms with van der Waals surface area (Å²) in [4.78, 5) is 34.5. The maximum Gasteiger partial charge on any atom is 0.434 e. The molecule has 0 spiro atoms. The molecule has 20 heavy (non-hydrogen) atoms. The molecule has 1 aromatic rings. The fourth-order valence-corrected chi connectivity index (χ4v) is 1.32. The Bertz CT molecular complexity index is 544. The van der Waals surface area contributed by atoms with Crippen molar-refractivity contribution in [2.75, 3.05) is 0 Å². The number of carbonyl (C=O) groups excluding carboxylic acids is 2. The maximum absolute atomic E-state index is 13.6. The molecule has 0 saturated heterocycles. The summed E-state index contributed by atoms with van der Waals surface area (Å²) in [6, 6.07) is 0. The largest absolute Gasteiger partial charge is 0.434 e. The van der Waals surface area contributed by atoms with Crippen molar-refractivity contribution >= 4 is 17.6 Å². The van der Waals surface area contributed by atoms with Gasteiger partial charge in [0.25, 0.3) is 0 Å². The van der Waals surface area contributed by atoms with Gasteiger partial charge in [-0.2, -0.15) is 8.78 Å². The number of ketones is 1. The summed E-state index contributed by atoms with van der Waals surface area (Å²) >= 11 is 0. The number of imidazole rings is 1. The van der Waals surface area contributed by atoms with Crippen molar-refractivity contribution in [3.63, 3.8) is 0 Å². The first-order valence-electron chi connectivity index (χ1n) is 5.19. The van der Waals surface area contributed by atoms with Gasteiger partial charge in [0.1, 0.15) is 25.0 Å². The van der Waals surface area contributed by atoms with E-state index in [2.05, 4.69) is 10.7 Å². The molecule has 0 aliphatic heterocycles. The van der Waals surface area contributed by atoms with Gasteiger partial charge < -0.3 is 21.0 Å². The van der Waals surface area contributed by atoms with E-state index in [1.54, 1.807) is 0 Å². The van der Waals surface area contributed by atoms with Gasteiger partial charge in [0, 0.05) is 6.42 Å². The van der Waals surface area contributed by atoms with Crippen molar-refractivity contribution in [1.29, 1.82) is 0 Å². The lowest BCUT2D eigenvalue weighted by molar-refractivity contribution is -0.397. The molecule has 11 heteroatoms. The molecule has 1 heterocycles. The summed E-state index contributed by atoms with van der Waals surface area (Å²) in [5.74, 6) is -7.94. The van der Waals surface area contributed by atoms with Crippen LogP contribution in [0.1, 0.15) is 6.42 Å². The predicted octanol–water partition coefficient (Wildman–Crippen LogP) is -0.768. The van der Waals surface area contributed by atoms with Crippen molar-refractivity contribution in [1.82, 2.24) is 9.55 Å². The molecular weight excluding hydrogens is 282 g/mol. The third-order valence-corrected chi connectivity index (χ3v) is 2.34. The molecule has 0 fully saturated rings. The number of carbonyl (C=O) groups is 2. The zero-order chi connectivity index (χ0) is 15.5. The standard InChI is InChI=1S/C9H10F2N4O5/c10-9(11,6(17)3-5(16)7(12)18)4-14-2-1-13-8(14)15(19)20/h1-2,5,16H,3-4H2,(H2,12,18). The number of nitrogens with zero attached hydrogens (tertiary/aromatic N) is 3. The molecule has 0 bridgehead atoms. The third kappa shape index (κ3) is 3.54. The topological polar surface area (TPSA) is 141 Å². The van der Waals surface area contributed by atoms with Crippen molar-refractivity contribution in [2.24, 2.45) is 5.73 Å². The van der Waals surface area contributed by atoms with Gasteiger partial charge in [0.15, 0.2) is 0 Å². The van der Waals surface area contributed by atoms with Crippen LogP contribution in [0.5, 0.6) is 0 Å². The summed E-state index contributed by atoms with van der Waals surface area (Å²) in [5.41, 5.74) is 4.64. The Balaban J connectivity index is 2.83. The first-order valence-corrected chi connectivity index (χ1v) is 5.19. The molecule has 0 aliphatic rings. The molecule has 1 rings (SSSR count). The Morgan fingerprint density at radius 1 is 1.60 bits per heavy atom. The Morgan fingerprint density at radius 3 is 2.70 bits per heavy atom. The second-order valence-corrected chi connectivity index (χ2v) is 3.86. The van der Waals surface area contributed by atoms with E-state index in [0.717, 1.165) is 12.4 Å². The number of hydrogen-bond acceptors (Lipinski definition) is 6. The maximum atomic E-state index is 13.6. The number of primary amides is 1. The number of aliphatic hydroxyl groups is 1. The average molecular weight is 292 g/mol. The summed E-state index contributed by atoms with van der Waals surface area (Å²) < 4.78 is 27.6. The summed E-state index contributed by atoms with van der Waals surface area (Å²) in [7, 11) is 0. The minimum atomic E-state index is -4.01. The van der Waals surface area contributed by atoms with Crippen LogP contribution in [0.15, 0.2) is 12.4 Å². The highest BCUT2D eigenvalue weighted by Gasteiger charge is 2.42. The molecular formula is C9H10F2N4O5. The number of rotatable bonds is 7. The first kappa shape index (κ1) is 15.6. The average Bonchev–Trinajstić information content (AvgIpc) is 2.75. The molecule has 0 aromatic carbocycles. The number of amides is 1. The number of nitro groups is 1. The quantitative estimate of drug-likeness (QED) is 0.499. The number of halogens is 2. The third-order valence-electron chi connectivity index (χ3n) is 2.34. The molecule has 1 atom stereocenters. The molecule has 0 aliphatic carbocycles. The first-order chi connectivity index (χ1) is 9.15. The minimum absolute atomic E-state index is 0.481. The highest BCUT2D eigenvalue weighted by atomic mass is 19.3. The van der Waals surface area contributed by atoms with E-state index in [1.165, 1.54) is 0 Å². The monoisotopic (exact) mass is 292 g/mol. The van der Waals surface area contributed by atoms with Crippen LogP contribution in [0.4, 0.5) is 14.7 Å². The van der Waals surface area contributed by atoms with Gasteiger partial charge in [-0.05, 0) is 4.92 Å². The zero-order valence-corrected chi connectivity index (χ0v) is 9.90. The van der Waals surface area contributed by atoms with Crippen LogP contribution in [-0.4, -0.2) is 43.3 Å². The van der Waals surface area contributed by atoms with Crippen molar-refractivity contribution < 1.29 is 28.4 Å². The Hall–Kier alpha value is -2.43. The van der Waals surface area contributed by atoms with Crippen molar-refractivity contribution in [3.8, 4) is 0 Å². The summed E-state index contributed by atoms with van der Waals surface area (Å²) in [5, 5.41) is 19.5.